The Bertz CT molecular complexity index is 697. The Morgan fingerprint density at radius 3 is 2.65 bits per heavy atom. The number of aromatic nitrogens is 1. The molecule has 7 nitrogen and oxygen atoms in total. The standard InChI is InChI=1S/C16H19N3O4/c1-23-14-7-5-12(6-8-14)18-16(22)17-10-13(20)11-19-9-3-2-4-15(19)21/h2-9,13,20H,10-11H2,1H3,(H2,17,18,22). The number of rotatable bonds is 6. The summed E-state index contributed by atoms with van der Waals surface area (Å²) >= 11 is 0. The maximum absolute atomic E-state index is 11.8. The number of nitrogens with zero attached hydrogens (tertiary/aromatic N) is 1. The quantitative estimate of drug-likeness (QED) is 0.742. The molecule has 1 heterocycles. The van der Waals surface area contributed by atoms with Crippen molar-refractivity contribution in [2.24, 2.45) is 0 Å². The molecule has 23 heavy (non-hydrogen) atoms. The number of anilines is 1. The molecule has 0 fully saturated rings. The van der Waals surface area contributed by atoms with Gasteiger partial charge in [0.05, 0.1) is 19.8 Å². The minimum absolute atomic E-state index is 0.0311. The predicted octanol–water partition coefficient (Wildman–Crippen LogP) is 1.04. The van der Waals surface area contributed by atoms with Gasteiger partial charge in [0.2, 0.25) is 0 Å². The minimum atomic E-state index is -0.864. The Morgan fingerprint density at radius 2 is 2.00 bits per heavy atom. The number of aliphatic hydroxyl groups excluding tert-OH is 1. The zero-order chi connectivity index (χ0) is 16.7. The van der Waals surface area contributed by atoms with E-state index < -0.39 is 12.1 Å². The van der Waals surface area contributed by atoms with Gasteiger partial charge in [-0.3, -0.25) is 4.79 Å². The summed E-state index contributed by atoms with van der Waals surface area (Å²) in [7, 11) is 1.56. The van der Waals surface area contributed by atoms with Crippen molar-refractivity contribution < 1.29 is 14.6 Å². The lowest BCUT2D eigenvalue weighted by Crippen LogP contribution is -2.38. The molecule has 3 N–H and O–H groups in total. The van der Waals surface area contributed by atoms with Crippen molar-refractivity contribution in [1.82, 2.24) is 9.88 Å². The SMILES string of the molecule is COc1ccc(NC(=O)NCC(O)Cn2ccccc2=O)cc1. The predicted molar refractivity (Wildman–Crippen MR) is 86.7 cm³/mol. The molecule has 0 aliphatic carbocycles. The number of pyridine rings is 1. The van der Waals surface area contributed by atoms with Gasteiger partial charge in [-0.1, -0.05) is 6.07 Å². The summed E-state index contributed by atoms with van der Waals surface area (Å²) in [5, 5.41) is 15.1. The van der Waals surface area contributed by atoms with E-state index in [2.05, 4.69) is 10.6 Å². The lowest BCUT2D eigenvalue weighted by atomic mass is 10.3. The Hall–Kier alpha value is -2.80. The fourth-order valence-corrected chi connectivity index (χ4v) is 1.96. The molecular formula is C16H19N3O4. The molecule has 1 aromatic heterocycles. The van der Waals surface area contributed by atoms with Gasteiger partial charge in [-0.25, -0.2) is 4.79 Å². The second-order valence-corrected chi connectivity index (χ2v) is 4.91. The Labute approximate surface area is 133 Å². The third-order valence-corrected chi connectivity index (χ3v) is 3.15. The Morgan fingerprint density at radius 1 is 1.26 bits per heavy atom. The van der Waals surface area contributed by atoms with E-state index in [0.29, 0.717) is 11.4 Å². The summed E-state index contributed by atoms with van der Waals surface area (Å²) in [6, 6.07) is 11.2. The average molecular weight is 317 g/mol. The number of carbonyl (C=O) groups excluding carboxylic acids is 1. The third kappa shape index (κ3) is 5.15. The molecule has 1 unspecified atom stereocenters. The number of hydrogen-bond acceptors (Lipinski definition) is 4. The van der Waals surface area contributed by atoms with E-state index in [-0.39, 0.29) is 18.6 Å². The zero-order valence-electron chi connectivity index (χ0n) is 12.7. The van der Waals surface area contributed by atoms with Crippen LogP contribution in [-0.2, 0) is 6.54 Å². The number of methoxy groups -OCH3 is 1. The van der Waals surface area contributed by atoms with Gasteiger partial charge in [0.15, 0.2) is 0 Å². The van der Waals surface area contributed by atoms with Crippen LogP contribution in [0.15, 0.2) is 53.5 Å². The average Bonchev–Trinajstić information content (AvgIpc) is 2.56. The molecule has 2 rings (SSSR count). The van der Waals surface area contributed by atoms with E-state index in [4.69, 9.17) is 4.74 Å². The second-order valence-electron chi connectivity index (χ2n) is 4.91. The maximum Gasteiger partial charge on any atom is 0.319 e. The number of urea groups is 1. The van der Waals surface area contributed by atoms with Gasteiger partial charge in [0, 0.05) is 24.5 Å². The van der Waals surface area contributed by atoms with E-state index in [0.717, 1.165) is 0 Å². The first-order chi connectivity index (χ1) is 11.1. The molecule has 2 amide bonds. The van der Waals surface area contributed by atoms with Crippen molar-refractivity contribution in [3.8, 4) is 5.75 Å². The van der Waals surface area contributed by atoms with E-state index in [1.165, 1.54) is 10.6 Å². The second kappa shape index (κ2) is 8.00. The molecule has 0 saturated carbocycles. The summed E-state index contributed by atoms with van der Waals surface area (Å²) < 4.78 is 6.41. The van der Waals surface area contributed by atoms with Crippen molar-refractivity contribution in [2.45, 2.75) is 12.6 Å². The lowest BCUT2D eigenvalue weighted by molar-refractivity contribution is 0.151. The monoisotopic (exact) mass is 317 g/mol. The smallest absolute Gasteiger partial charge is 0.319 e. The molecule has 0 aliphatic heterocycles. The van der Waals surface area contributed by atoms with Crippen molar-refractivity contribution >= 4 is 11.7 Å². The van der Waals surface area contributed by atoms with Gasteiger partial charge in [0.1, 0.15) is 5.75 Å². The molecule has 0 aliphatic rings. The van der Waals surface area contributed by atoms with Crippen LogP contribution >= 0.6 is 0 Å². The Balaban J connectivity index is 1.79. The first-order valence-corrected chi connectivity index (χ1v) is 7.11. The molecule has 0 saturated heterocycles. The highest BCUT2D eigenvalue weighted by Gasteiger charge is 2.08. The minimum Gasteiger partial charge on any atom is -0.497 e. The zero-order valence-corrected chi connectivity index (χ0v) is 12.7. The highest BCUT2D eigenvalue weighted by molar-refractivity contribution is 5.89. The van der Waals surface area contributed by atoms with E-state index in [9.17, 15) is 14.7 Å². The highest BCUT2D eigenvalue weighted by Crippen LogP contribution is 2.14. The number of amides is 2. The number of aliphatic hydroxyl groups is 1. The molecule has 0 spiro atoms. The van der Waals surface area contributed by atoms with Crippen LogP contribution in [0.3, 0.4) is 0 Å². The largest absolute Gasteiger partial charge is 0.497 e. The van der Waals surface area contributed by atoms with E-state index >= 15 is 0 Å². The summed E-state index contributed by atoms with van der Waals surface area (Å²) in [5.74, 6) is 0.694. The summed E-state index contributed by atoms with van der Waals surface area (Å²) in [5.41, 5.74) is 0.409. The Kier molecular flexibility index (Phi) is 5.76. The van der Waals surface area contributed by atoms with Gasteiger partial charge in [-0.05, 0) is 30.3 Å². The number of nitrogens with one attached hydrogen (secondary N) is 2. The van der Waals surface area contributed by atoms with E-state index in [1.807, 2.05) is 0 Å². The molecule has 1 atom stereocenters. The van der Waals surface area contributed by atoms with Crippen LogP contribution in [0.2, 0.25) is 0 Å². The topological polar surface area (TPSA) is 92.6 Å². The lowest BCUT2D eigenvalue weighted by Gasteiger charge is -2.14. The van der Waals surface area contributed by atoms with Gasteiger partial charge in [-0.15, -0.1) is 0 Å². The molecule has 7 heteroatoms. The molecular weight excluding hydrogens is 298 g/mol. The van der Waals surface area contributed by atoms with Crippen LogP contribution in [0.25, 0.3) is 0 Å². The van der Waals surface area contributed by atoms with Gasteiger partial charge < -0.3 is 25.0 Å². The van der Waals surface area contributed by atoms with E-state index in [1.54, 1.807) is 49.7 Å². The number of benzene rings is 1. The highest BCUT2D eigenvalue weighted by atomic mass is 16.5. The van der Waals surface area contributed by atoms with Crippen LogP contribution in [0.1, 0.15) is 0 Å². The summed E-state index contributed by atoms with van der Waals surface area (Å²) in [4.78, 5) is 23.3. The molecule has 122 valence electrons. The maximum atomic E-state index is 11.8. The number of ether oxygens (including phenoxy) is 1. The summed E-state index contributed by atoms with van der Waals surface area (Å²) in [6.45, 7) is 0.145. The third-order valence-electron chi connectivity index (χ3n) is 3.15. The normalized spacial score (nSPS) is 11.6. The van der Waals surface area contributed by atoms with Gasteiger partial charge >= 0.3 is 6.03 Å². The van der Waals surface area contributed by atoms with Crippen LogP contribution in [-0.4, -0.2) is 35.5 Å². The summed E-state index contributed by atoms with van der Waals surface area (Å²) in [6.07, 6.45) is 0.722. The molecule has 0 radical (unpaired) electrons. The molecule has 0 bridgehead atoms. The van der Waals surface area contributed by atoms with Crippen LogP contribution in [0.5, 0.6) is 5.75 Å². The van der Waals surface area contributed by atoms with Crippen molar-refractivity contribution in [3.05, 3.63) is 59.0 Å². The van der Waals surface area contributed by atoms with Crippen molar-refractivity contribution in [1.29, 1.82) is 0 Å². The first kappa shape index (κ1) is 16.6. The van der Waals surface area contributed by atoms with Crippen LogP contribution < -0.4 is 20.9 Å². The molecule has 1 aromatic carbocycles. The van der Waals surface area contributed by atoms with Crippen molar-refractivity contribution in [2.75, 3.05) is 19.0 Å². The van der Waals surface area contributed by atoms with Crippen LogP contribution in [0.4, 0.5) is 10.5 Å². The number of hydrogen-bond donors (Lipinski definition) is 3. The fourth-order valence-electron chi connectivity index (χ4n) is 1.96. The fraction of sp³-hybridized carbons (Fsp3) is 0.250. The van der Waals surface area contributed by atoms with Crippen LogP contribution in [0, 0.1) is 0 Å². The molecule has 2 aromatic rings. The van der Waals surface area contributed by atoms with Gasteiger partial charge in [0.25, 0.3) is 5.56 Å². The van der Waals surface area contributed by atoms with Crippen molar-refractivity contribution in [3.63, 3.8) is 0 Å². The number of carbonyl (C=O) groups is 1. The first-order valence-electron chi connectivity index (χ1n) is 7.11. The van der Waals surface area contributed by atoms with Gasteiger partial charge in [-0.2, -0.15) is 0 Å².